The molecule has 0 saturated heterocycles. The molecule has 1 aliphatic carbocycles. The van der Waals surface area contributed by atoms with Gasteiger partial charge in [-0.1, -0.05) is 6.07 Å². The molecule has 0 spiro atoms. The minimum absolute atomic E-state index is 0.216. The average Bonchev–Trinajstić information content (AvgIpc) is 3.44. The van der Waals surface area contributed by atoms with Crippen LogP contribution in [0.5, 0.6) is 0 Å². The van der Waals surface area contributed by atoms with Crippen LogP contribution in [0.25, 0.3) is 0 Å². The molecule has 5 rings (SSSR count). The molecule has 0 amide bonds. The molecule has 4 heterocycles. The van der Waals surface area contributed by atoms with Gasteiger partial charge in [0.2, 0.25) is 5.78 Å². The summed E-state index contributed by atoms with van der Waals surface area (Å²) in [7, 11) is -2.72. The van der Waals surface area contributed by atoms with E-state index < -0.39 is 22.5 Å². The Balaban J connectivity index is 1.36. The Kier molecular flexibility index (Phi) is 7.34. The van der Waals surface area contributed by atoms with Gasteiger partial charge in [0.05, 0.1) is 28.8 Å². The molecule has 1 fully saturated rings. The number of carbonyl (C=O) groups is 1. The first-order valence-electron chi connectivity index (χ1n) is 11.8. The topological polar surface area (TPSA) is 153 Å². The summed E-state index contributed by atoms with van der Waals surface area (Å²) < 4.78 is 36.6. The van der Waals surface area contributed by atoms with Gasteiger partial charge in [0.15, 0.2) is 0 Å². The smallest absolute Gasteiger partial charge is 0.335 e. The van der Waals surface area contributed by atoms with Crippen LogP contribution >= 0.6 is 11.3 Å². The molecule has 3 aromatic heterocycles. The number of anilines is 1. The second kappa shape index (κ2) is 10.5. The molecule has 37 heavy (non-hydrogen) atoms. The number of aryl methyl sites for hydroxylation is 1. The molecule has 11 nitrogen and oxygen atoms in total. The van der Waals surface area contributed by atoms with Crippen LogP contribution in [0, 0.1) is 6.92 Å². The maximum absolute atomic E-state index is 13.6. The number of hydrogen-bond donors (Lipinski definition) is 3. The average molecular weight is 546 g/mol. The predicted octanol–water partition coefficient (Wildman–Crippen LogP) is 1.92. The fourth-order valence-electron chi connectivity index (χ4n) is 4.72. The number of nitrogens with one attached hydrogen (secondary N) is 2. The number of carbonyl (C=O) groups excluding carboxylic acids is 1. The number of ketones is 1. The molecule has 1 saturated carbocycles. The van der Waals surface area contributed by atoms with Gasteiger partial charge in [-0.25, -0.2) is 9.97 Å². The second-order valence-electron chi connectivity index (χ2n) is 8.96. The fraction of sp³-hybridized carbons (Fsp3) is 0.417. The number of fused-ring (bicyclic) bond motifs is 1. The van der Waals surface area contributed by atoms with Crippen LogP contribution in [0.15, 0.2) is 36.9 Å². The molecule has 0 radical (unpaired) electrons. The third-order valence-corrected chi connectivity index (χ3v) is 8.63. The Labute approximate surface area is 218 Å². The summed E-state index contributed by atoms with van der Waals surface area (Å²) >= 11 is 1.37. The SMILES string of the molecule is CNS(=O)(=O)O[C@@H]1C[C@H](Nc2ncncc2C(=O)c2cc([C@H]3OCCc4cccnc43)c(C)s2)C[C@@H]1O. The largest absolute Gasteiger partial charge is 0.390 e. The van der Waals surface area contributed by atoms with Gasteiger partial charge in [0.25, 0.3) is 0 Å². The van der Waals surface area contributed by atoms with Crippen molar-refractivity contribution in [2.45, 2.75) is 50.5 Å². The van der Waals surface area contributed by atoms with Crippen molar-refractivity contribution < 1.29 is 27.2 Å². The highest BCUT2D eigenvalue weighted by Crippen LogP contribution is 2.37. The molecule has 2 aliphatic rings. The van der Waals surface area contributed by atoms with E-state index >= 15 is 0 Å². The van der Waals surface area contributed by atoms with Crippen molar-refractivity contribution in [3.63, 3.8) is 0 Å². The quantitative estimate of drug-likeness (QED) is 0.358. The van der Waals surface area contributed by atoms with E-state index in [9.17, 15) is 18.3 Å². The maximum atomic E-state index is 13.6. The summed E-state index contributed by atoms with van der Waals surface area (Å²) in [4.78, 5) is 27.9. The lowest BCUT2D eigenvalue weighted by Crippen LogP contribution is -2.31. The number of aliphatic hydroxyl groups excluding tert-OH is 1. The minimum Gasteiger partial charge on any atom is -0.390 e. The number of thiophene rings is 1. The second-order valence-corrected chi connectivity index (χ2v) is 11.7. The zero-order chi connectivity index (χ0) is 26.2. The van der Waals surface area contributed by atoms with Crippen molar-refractivity contribution in [1.82, 2.24) is 19.7 Å². The van der Waals surface area contributed by atoms with Crippen LogP contribution in [0.2, 0.25) is 0 Å². The van der Waals surface area contributed by atoms with E-state index in [1.807, 2.05) is 19.1 Å². The molecule has 3 N–H and O–H groups in total. The van der Waals surface area contributed by atoms with Crippen LogP contribution in [-0.2, 0) is 25.6 Å². The van der Waals surface area contributed by atoms with E-state index in [1.54, 1.807) is 6.20 Å². The Bertz CT molecular complexity index is 1410. The molecule has 0 unspecified atom stereocenters. The van der Waals surface area contributed by atoms with Gasteiger partial charge in [0, 0.05) is 35.9 Å². The zero-order valence-corrected chi connectivity index (χ0v) is 21.9. The molecule has 0 aromatic carbocycles. The van der Waals surface area contributed by atoms with Gasteiger partial charge >= 0.3 is 10.3 Å². The van der Waals surface area contributed by atoms with Crippen molar-refractivity contribution in [3.05, 3.63) is 69.1 Å². The van der Waals surface area contributed by atoms with Gasteiger partial charge in [-0.2, -0.15) is 13.1 Å². The van der Waals surface area contributed by atoms with E-state index in [0.717, 1.165) is 28.1 Å². The number of aliphatic hydroxyl groups is 1. The first kappa shape index (κ1) is 25.8. The van der Waals surface area contributed by atoms with Crippen LogP contribution in [-0.4, -0.2) is 66.2 Å². The summed E-state index contributed by atoms with van der Waals surface area (Å²) in [5, 5.41) is 13.5. The van der Waals surface area contributed by atoms with E-state index in [2.05, 4.69) is 31.1 Å². The number of pyridine rings is 1. The molecule has 196 valence electrons. The Morgan fingerprint density at radius 2 is 2.14 bits per heavy atom. The third kappa shape index (κ3) is 5.42. The highest BCUT2D eigenvalue weighted by atomic mass is 32.2. The molecule has 13 heteroatoms. The van der Waals surface area contributed by atoms with Gasteiger partial charge < -0.3 is 15.2 Å². The van der Waals surface area contributed by atoms with E-state index in [0.29, 0.717) is 17.3 Å². The summed E-state index contributed by atoms with van der Waals surface area (Å²) in [6.07, 6.45) is 3.53. The summed E-state index contributed by atoms with van der Waals surface area (Å²) in [6, 6.07) is 5.46. The van der Waals surface area contributed by atoms with Crippen molar-refractivity contribution in [1.29, 1.82) is 0 Å². The van der Waals surface area contributed by atoms with E-state index in [1.165, 1.54) is 30.9 Å². The normalized spacial score (nSPS) is 23.5. The number of nitrogens with zero attached hydrogens (tertiary/aromatic N) is 3. The molecular formula is C24H27N5O6S2. The van der Waals surface area contributed by atoms with Crippen molar-refractivity contribution >= 4 is 33.2 Å². The van der Waals surface area contributed by atoms with Gasteiger partial charge in [-0.05, 0) is 43.9 Å². The van der Waals surface area contributed by atoms with Crippen molar-refractivity contribution in [2.75, 3.05) is 19.0 Å². The number of aromatic nitrogens is 3. The number of hydrogen-bond acceptors (Lipinski definition) is 11. The van der Waals surface area contributed by atoms with Crippen LogP contribution in [0.1, 0.15) is 55.9 Å². The maximum Gasteiger partial charge on any atom is 0.335 e. The molecule has 3 aromatic rings. The first-order valence-corrected chi connectivity index (χ1v) is 14.0. The Morgan fingerprint density at radius 3 is 2.95 bits per heavy atom. The van der Waals surface area contributed by atoms with Crippen molar-refractivity contribution in [2.24, 2.45) is 0 Å². The summed E-state index contributed by atoms with van der Waals surface area (Å²) in [5.74, 6) is 0.0615. The first-order chi connectivity index (χ1) is 17.8. The standard InChI is InChI=1S/C24H27N5O6S2/c1-13-16(23-21-14(5-7-34-23)4-3-6-27-21)10-20(36-13)22(31)17-11-26-12-28-24(17)29-15-8-18(30)19(9-15)35-37(32,33)25-2/h3-4,6,10-12,15,18-19,23,25,30H,5,7-9H2,1-2H3,(H,26,28,29)/t15-,18+,19-,23-/m1/s1. The lowest BCUT2D eigenvalue weighted by Gasteiger charge is -2.25. The third-order valence-electron chi connectivity index (χ3n) is 6.56. The molecule has 4 atom stereocenters. The predicted molar refractivity (Wildman–Crippen MR) is 136 cm³/mol. The highest BCUT2D eigenvalue weighted by Gasteiger charge is 2.37. The minimum atomic E-state index is -3.95. The summed E-state index contributed by atoms with van der Waals surface area (Å²) in [6.45, 7) is 2.54. The summed E-state index contributed by atoms with van der Waals surface area (Å²) in [5.41, 5.74) is 3.20. The van der Waals surface area contributed by atoms with Crippen LogP contribution in [0.3, 0.4) is 0 Å². The van der Waals surface area contributed by atoms with Gasteiger partial charge in [-0.3, -0.25) is 14.0 Å². The molecule has 1 aliphatic heterocycles. The van der Waals surface area contributed by atoms with Gasteiger partial charge in [-0.15, -0.1) is 11.3 Å². The zero-order valence-electron chi connectivity index (χ0n) is 20.2. The fourth-order valence-corrected chi connectivity index (χ4v) is 6.35. The monoisotopic (exact) mass is 545 g/mol. The number of ether oxygens (including phenoxy) is 1. The lowest BCUT2D eigenvalue weighted by atomic mass is 9.98. The van der Waals surface area contributed by atoms with Crippen molar-refractivity contribution in [3.8, 4) is 0 Å². The Hall–Kier alpha value is -2.81. The Morgan fingerprint density at radius 1 is 1.30 bits per heavy atom. The molecule has 0 bridgehead atoms. The van der Waals surface area contributed by atoms with Crippen LogP contribution in [0.4, 0.5) is 5.82 Å². The van der Waals surface area contributed by atoms with Gasteiger partial charge in [0.1, 0.15) is 24.4 Å². The lowest BCUT2D eigenvalue weighted by molar-refractivity contribution is 0.0636. The van der Waals surface area contributed by atoms with Crippen LogP contribution < -0.4 is 10.0 Å². The number of rotatable bonds is 8. The van der Waals surface area contributed by atoms with E-state index in [-0.39, 0.29) is 36.3 Å². The van der Waals surface area contributed by atoms with E-state index in [4.69, 9.17) is 8.92 Å². The molecular weight excluding hydrogens is 518 g/mol. The highest BCUT2D eigenvalue weighted by molar-refractivity contribution is 7.84.